The third-order valence-corrected chi connectivity index (χ3v) is 3.47. The van der Waals surface area contributed by atoms with Gasteiger partial charge in [0.05, 0.1) is 0 Å². The van der Waals surface area contributed by atoms with Gasteiger partial charge in [-0.2, -0.15) is 0 Å². The van der Waals surface area contributed by atoms with E-state index < -0.39 is 23.8 Å². The number of rotatable bonds is 7. The molecule has 0 aromatic carbocycles. The topological polar surface area (TPSA) is 75.3 Å². The van der Waals surface area contributed by atoms with E-state index in [1.54, 1.807) is 0 Å². The van der Waals surface area contributed by atoms with Gasteiger partial charge in [0.2, 0.25) is 11.8 Å². The van der Waals surface area contributed by atoms with Gasteiger partial charge in [0.1, 0.15) is 5.92 Å². The van der Waals surface area contributed by atoms with Crippen LogP contribution in [0.15, 0.2) is 0 Å². The summed E-state index contributed by atoms with van der Waals surface area (Å²) in [6.45, 7) is 6.46. The Kier molecular flexibility index (Phi) is 9.34. The van der Waals surface area contributed by atoms with Crippen molar-refractivity contribution in [3.05, 3.63) is 0 Å². The number of unbranched alkanes of at least 4 members (excludes halogenated alkanes) is 1. The number of imide groups is 2. The molecule has 6 heteroatoms. The number of urea groups is 1. The molecule has 4 amide bonds. The Morgan fingerprint density at radius 3 is 1.95 bits per heavy atom. The summed E-state index contributed by atoms with van der Waals surface area (Å²) in [7, 11) is 0. The molecule has 1 rings (SSSR count). The van der Waals surface area contributed by atoms with Gasteiger partial charge in [0, 0.05) is 0 Å². The van der Waals surface area contributed by atoms with E-state index in [-0.39, 0.29) is 29.6 Å². The first-order valence-electron chi connectivity index (χ1n) is 7.05. The Hall–Kier alpha value is -0.390. The molecular formula is C14H24N2NaO3+. The number of amides is 4. The molecule has 5 nitrogen and oxygen atoms in total. The SMILES string of the molecule is CC(C)CCCCC(C)CC1C(=O)NC(=O)NC1=O.[Na+]. The summed E-state index contributed by atoms with van der Waals surface area (Å²) in [5, 5.41) is 4.28. The standard InChI is InChI=1S/C14H24N2O3.Na/c1-9(2)6-4-5-7-10(3)8-11-12(17)15-14(19)16-13(11)18;/h9-11H,4-8H2,1-3H3,(H2,15,16,17,18,19);/q;+1. The molecule has 108 valence electrons. The van der Waals surface area contributed by atoms with Crippen molar-refractivity contribution in [1.82, 2.24) is 10.6 Å². The summed E-state index contributed by atoms with van der Waals surface area (Å²) in [6, 6.07) is -0.712. The third-order valence-electron chi connectivity index (χ3n) is 3.47. The molecule has 0 radical (unpaired) electrons. The first-order valence-corrected chi connectivity index (χ1v) is 7.05. The zero-order valence-corrected chi connectivity index (χ0v) is 15.0. The van der Waals surface area contributed by atoms with Gasteiger partial charge < -0.3 is 0 Å². The summed E-state index contributed by atoms with van der Waals surface area (Å²) in [4.78, 5) is 34.1. The van der Waals surface area contributed by atoms with Crippen LogP contribution >= 0.6 is 0 Å². The quantitative estimate of drug-likeness (QED) is 0.367. The van der Waals surface area contributed by atoms with Gasteiger partial charge in [-0.3, -0.25) is 20.2 Å². The largest absolute Gasteiger partial charge is 1.00 e. The van der Waals surface area contributed by atoms with E-state index in [0.717, 1.165) is 18.8 Å². The summed E-state index contributed by atoms with van der Waals surface area (Å²) in [5.41, 5.74) is 0. The van der Waals surface area contributed by atoms with Crippen molar-refractivity contribution in [2.24, 2.45) is 17.8 Å². The van der Waals surface area contributed by atoms with Crippen molar-refractivity contribution >= 4 is 17.8 Å². The molecular weight excluding hydrogens is 267 g/mol. The van der Waals surface area contributed by atoms with Crippen LogP contribution in [-0.2, 0) is 9.59 Å². The van der Waals surface area contributed by atoms with Crippen LogP contribution in [0.5, 0.6) is 0 Å². The number of barbiturate groups is 1. The first kappa shape index (κ1) is 19.6. The molecule has 1 fully saturated rings. The molecule has 2 N–H and O–H groups in total. The van der Waals surface area contributed by atoms with Crippen LogP contribution in [0, 0.1) is 17.8 Å². The average molecular weight is 291 g/mol. The minimum absolute atomic E-state index is 0. The molecule has 0 bridgehead atoms. The maximum atomic E-state index is 11.6. The molecule has 0 aromatic heterocycles. The Morgan fingerprint density at radius 2 is 1.45 bits per heavy atom. The van der Waals surface area contributed by atoms with E-state index in [9.17, 15) is 14.4 Å². The van der Waals surface area contributed by atoms with Crippen LogP contribution in [-0.4, -0.2) is 17.8 Å². The normalized spacial score (nSPS) is 17.5. The second-order valence-corrected chi connectivity index (χ2v) is 5.88. The molecule has 1 saturated heterocycles. The number of nitrogens with one attached hydrogen (secondary N) is 2. The minimum atomic E-state index is -0.724. The smallest absolute Gasteiger partial charge is 0.277 e. The Morgan fingerprint density at radius 1 is 0.950 bits per heavy atom. The predicted molar refractivity (Wildman–Crippen MR) is 72.3 cm³/mol. The molecule has 0 saturated carbocycles. The van der Waals surface area contributed by atoms with Crippen molar-refractivity contribution in [1.29, 1.82) is 0 Å². The van der Waals surface area contributed by atoms with Crippen LogP contribution in [0.1, 0.15) is 52.9 Å². The fraction of sp³-hybridized carbons (Fsp3) is 0.786. The van der Waals surface area contributed by atoms with E-state index in [1.165, 1.54) is 12.8 Å². The maximum absolute atomic E-state index is 11.6. The third kappa shape index (κ3) is 6.86. The van der Waals surface area contributed by atoms with E-state index in [0.29, 0.717) is 12.3 Å². The Labute approximate surface area is 142 Å². The molecule has 1 aliphatic heterocycles. The predicted octanol–water partition coefficient (Wildman–Crippen LogP) is -0.785. The van der Waals surface area contributed by atoms with Crippen LogP contribution < -0.4 is 40.2 Å². The van der Waals surface area contributed by atoms with Crippen molar-refractivity contribution in [3.8, 4) is 0 Å². The summed E-state index contributed by atoms with van der Waals surface area (Å²) in [5.74, 6) is -0.638. The first-order chi connectivity index (χ1) is 8.90. The van der Waals surface area contributed by atoms with Gasteiger partial charge in [0.15, 0.2) is 0 Å². The molecule has 1 heterocycles. The fourth-order valence-corrected chi connectivity index (χ4v) is 2.33. The van der Waals surface area contributed by atoms with Crippen LogP contribution in [0.4, 0.5) is 4.79 Å². The molecule has 1 unspecified atom stereocenters. The number of hydrogen-bond donors (Lipinski definition) is 2. The van der Waals surface area contributed by atoms with E-state index in [1.807, 2.05) is 6.92 Å². The zero-order valence-electron chi connectivity index (χ0n) is 13.0. The second kappa shape index (κ2) is 9.53. The van der Waals surface area contributed by atoms with Crippen molar-refractivity contribution in [3.63, 3.8) is 0 Å². The Balaban J connectivity index is 0.00000361. The number of carbonyl (C=O) groups excluding carboxylic acids is 3. The van der Waals surface area contributed by atoms with E-state index in [2.05, 4.69) is 24.5 Å². The molecule has 0 aliphatic carbocycles. The molecule has 1 atom stereocenters. The van der Waals surface area contributed by atoms with Gasteiger partial charge in [-0.25, -0.2) is 4.79 Å². The van der Waals surface area contributed by atoms with E-state index >= 15 is 0 Å². The molecule has 1 aliphatic rings. The number of carbonyl (C=O) groups is 3. The van der Waals surface area contributed by atoms with Gasteiger partial charge in [-0.15, -0.1) is 0 Å². The number of hydrogen-bond acceptors (Lipinski definition) is 3. The average Bonchev–Trinajstić information content (AvgIpc) is 2.29. The van der Waals surface area contributed by atoms with Crippen LogP contribution in [0.2, 0.25) is 0 Å². The fourth-order valence-electron chi connectivity index (χ4n) is 2.33. The molecule has 0 aromatic rings. The monoisotopic (exact) mass is 291 g/mol. The molecule has 0 spiro atoms. The summed E-state index contributed by atoms with van der Waals surface area (Å²) in [6.07, 6.45) is 5.04. The summed E-state index contributed by atoms with van der Waals surface area (Å²) < 4.78 is 0. The second-order valence-electron chi connectivity index (χ2n) is 5.88. The maximum Gasteiger partial charge on any atom is 1.00 e. The van der Waals surface area contributed by atoms with Crippen LogP contribution in [0.3, 0.4) is 0 Å². The Bertz CT molecular complexity index is 338. The van der Waals surface area contributed by atoms with Gasteiger partial charge in [-0.1, -0.05) is 46.5 Å². The van der Waals surface area contributed by atoms with Gasteiger partial charge >= 0.3 is 35.6 Å². The minimum Gasteiger partial charge on any atom is -0.277 e. The van der Waals surface area contributed by atoms with Crippen molar-refractivity contribution in [2.75, 3.05) is 0 Å². The van der Waals surface area contributed by atoms with Crippen molar-refractivity contribution in [2.45, 2.75) is 52.9 Å². The molecule has 20 heavy (non-hydrogen) atoms. The van der Waals surface area contributed by atoms with Crippen LogP contribution in [0.25, 0.3) is 0 Å². The summed E-state index contributed by atoms with van der Waals surface area (Å²) >= 11 is 0. The van der Waals surface area contributed by atoms with Gasteiger partial charge in [-0.05, 0) is 18.3 Å². The van der Waals surface area contributed by atoms with Crippen molar-refractivity contribution < 1.29 is 43.9 Å². The zero-order chi connectivity index (χ0) is 14.4. The van der Waals surface area contributed by atoms with Gasteiger partial charge in [0.25, 0.3) is 0 Å². The van der Waals surface area contributed by atoms with E-state index in [4.69, 9.17) is 0 Å².